The molecule has 1 aromatic carbocycles. The van der Waals surface area contributed by atoms with E-state index in [4.69, 9.17) is 4.52 Å². The highest BCUT2D eigenvalue weighted by molar-refractivity contribution is 5.67. The van der Waals surface area contributed by atoms with Crippen molar-refractivity contribution in [3.63, 3.8) is 0 Å². The first-order valence-electron chi connectivity index (χ1n) is 4.43. The summed E-state index contributed by atoms with van der Waals surface area (Å²) < 4.78 is 4.75. The Morgan fingerprint density at radius 3 is 2.24 bits per heavy atom. The second-order valence-corrected chi connectivity index (χ2v) is 3.10. The number of non-ortho nitro benzene ring substituents is 1. The van der Waals surface area contributed by atoms with Gasteiger partial charge in [-0.3, -0.25) is 20.2 Å². The van der Waals surface area contributed by atoms with Crippen molar-refractivity contribution < 1.29 is 14.4 Å². The number of hydrogen-bond donors (Lipinski definition) is 0. The number of hydrogen-bond acceptors (Lipinski definition) is 6. The summed E-state index contributed by atoms with van der Waals surface area (Å²) in [5, 5.41) is 24.4. The third-order valence-electron chi connectivity index (χ3n) is 2.09. The number of nitrogens with zero attached hydrogens (tertiary/aromatic N) is 3. The topological polar surface area (TPSA) is 112 Å². The first kappa shape index (κ1) is 10.7. The summed E-state index contributed by atoms with van der Waals surface area (Å²) in [7, 11) is 0. The second-order valence-electron chi connectivity index (χ2n) is 3.10. The van der Waals surface area contributed by atoms with Crippen molar-refractivity contribution in [2.45, 2.75) is 0 Å². The van der Waals surface area contributed by atoms with Gasteiger partial charge < -0.3 is 4.52 Å². The van der Waals surface area contributed by atoms with Gasteiger partial charge in [-0.25, -0.2) is 0 Å². The number of nitro groups is 2. The van der Waals surface area contributed by atoms with Crippen molar-refractivity contribution >= 4 is 11.4 Å². The molecule has 2 rings (SSSR count). The average Bonchev–Trinajstić information content (AvgIpc) is 2.78. The summed E-state index contributed by atoms with van der Waals surface area (Å²) in [6.07, 6.45) is 0.983. The molecule has 1 aromatic heterocycles. The van der Waals surface area contributed by atoms with E-state index in [2.05, 4.69) is 5.16 Å². The minimum absolute atomic E-state index is 0.0232. The lowest BCUT2D eigenvalue weighted by Gasteiger charge is -1.95. The van der Waals surface area contributed by atoms with Gasteiger partial charge in [0.05, 0.1) is 9.85 Å². The number of benzene rings is 1. The minimum atomic E-state index is -0.632. The van der Waals surface area contributed by atoms with E-state index in [1.54, 1.807) is 0 Å². The maximum absolute atomic E-state index is 10.6. The standard InChI is InChI=1S/C9H5N3O5/c13-11(14)7-3-1-6(2-4-7)9-8(12(15)16)5-10-17-9/h1-5H. The molecule has 1 heterocycles. The molecule has 0 aliphatic rings. The molecule has 8 heteroatoms. The molecule has 0 atom stereocenters. The summed E-state index contributed by atoms with van der Waals surface area (Å²) in [4.78, 5) is 19.9. The van der Waals surface area contributed by atoms with E-state index in [0.29, 0.717) is 5.56 Å². The van der Waals surface area contributed by atoms with Gasteiger partial charge in [0.2, 0.25) is 5.76 Å². The predicted octanol–water partition coefficient (Wildman–Crippen LogP) is 2.16. The van der Waals surface area contributed by atoms with Gasteiger partial charge in [-0.1, -0.05) is 5.16 Å². The number of rotatable bonds is 3. The normalized spacial score (nSPS) is 10.1. The van der Waals surface area contributed by atoms with Crippen molar-refractivity contribution in [1.29, 1.82) is 0 Å². The largest absolute Gasteiger partial charge is 0.349 e. The summed E-state index contributed by atoms with van der Waals surface area (Å²) in [6.45, 7) is 0. The van der Waals surface area contributed by atoms with Crippen molar-refractivity contribution in [2.24, 2.45) is 0 Å². The Morgan fingerprint density at radius 2 is 1.71 bits per heavy atom. The van der Waals surface area contributed by atoms with E-state index < -0.39 is 9.85 Å². The van der Waals surface area contributed by atoms with Crippen LogP contribution in [0.15, 0.2) is 35.0 Å². The molecular formula is C9H5N3O5. The van der Waals surface area contributed by atoms with Gasteiger partial charge in [0.25, 0.3) is 5.69 Å². The van der Waals surface area contributed by atoms with E-state index >= 15 is 0 Å². The predicted molar refractivity (Wildman–Crippen MR) is 55.2 cm³/mol. The Bertz CT molecular complexity index is 575. The van der Waals surface area contributed by atoms with Crippen molar-refractivity contribution in [3.8, 4) is 11.3 Å². The number of aromatic nitrogens is 1. The van der Waals surface area contributed by atoms with Crippen LogP contribution in [0.25, 0.3) is 11.3 Å². The Kier molecular flexibility index (Phi) is 2.53. The van der Waals surface area contributed by atoms with Crippen LogP contribution in [0, 0.1) is 20.2 Å². The van der Waals surface area contributed by atoms with Gasteiger partial charge in [-0.2, -0.15) is 0 Å². The van der Waals surface area contributed by atoms with Gasteiger partial charge in [-0.15, -0.1) is 0 Å². The summed E-state index contributed by atoms with van der Waals surface area (Å²) in [6, 6.07) is 5.21. The van der Waals surface area contributed by atoms with Crippen LogP contribution in [-0.2, 0) is 0 Å². The quantitative estimate of drug-likeness (QED) is 0.594. The number of nitro benzene ring substituents is 1. The smallest absolute Gasteiger partial charge is 0.336 e. The third kappa shape index (κ3) is 1.95. The highest BCUT2D eigenvalue weighted by Gasteiger charge is 2.21. The molecule has 0 radical (unpaired) electrons. The Balaban J connectivity index is 2.43. The second kappa shape index (κ2) is 4.00. The van der Waals surface area contributed by atoms with Crippen molar-refractivity contribution in [1.82, 2.24) is 5.16 Å². The first-order valence-corrected chi connectivity index (χ1v) is 4.43. The molecule has 0 fully saturated rings. The lowest BCUT2D eigenvalue weighted by molar-refractivity contribution is -0.385. The van der Waals surface area contributed by atoms with Gasteiger partial charge in [0.15, 0.2) is 0 Å². The zero-order valence-corrected chi connectivity index (χ0v) is 8.27. The van der Waals surface area contributed by atoms with Crippen LogP contribution < -0.4 is 0 Å². The van der Waals surface area contributed by atoms with Crippen LogP contribution in [0.3, 0.4) is 0 Å². The maximum Gasteiger partial charge on any atom is 0.336 e. The van der Waals surface area contributed by atoms with Crippen LogP contribution >= 0.6 is 0 Å². The van der Waals surface area contributed by atoms with Gasteiger partial charge in [0, 0.05) is 17.7 Å². The molecule has 8 nitrogen and oxygen atoms in total. The molecule has 17 heavy (non-hydrogen) atoms. The van der Waals surface area contributed by atoms with E-state index in [-0.39, 0.29) is 17.1 Å². The Morgan fingerprint density at radius 1 is 1.06 bits per heavy atom. The minimum Gasteiger partial charge on any atom is -0.349 e. The van der Waals surface area contributed by atoms with Gasteiger partial charge in [0.1, 0.15) is 6.20 Å². The maximum atomic E-state index is 10.6. The van der Waals surface area contributed by atoms with Gasteiger partial charge in [-0.05, 0) is 12.1 Å². The third-order valence-corrected chi connectivity index (χ3v) is 2.09. The van der Waals surface area contributed by atoms with E-state index in [1.165, 1.54) is 24.3 Å². The lowest BCUT2D eigenvalue weighted by Crippen LogP contribution is -1.89. The van der Waals surface area contributed by atoms with Crippen LogP contribution in [0.5, 0.6) is 0 Å². The van der Waals surface area contributed by atoms with Crippen molar-refractivity contribution in [2.75, 3.05) is 0 Å². The molecule has 0 bridgehead atoms. The van der Waals surface area contributed by atoms with E-state index in [0.717, 1.165) is 6.20 Å². The monoisotopic (exact) mass is 235 g/mol. The molecule has 0 saturated carbocycles. The average molecular weight is 235 g/mol. The van der Waals surface area contributed by atoms with E-state index in [1.807, 2.05) is 0 Å². The highest BCUT2D eigenvalue weighted by atomic mass is 16.6. The molecule has 0 unspecified atom stereocenters. The summed E-state index contributed by atoms with van der Waals surface area (Å²) >= 11 is 0. The Hall–Kier alpha value is -2.77. The molecule has 0 aliphatic heterocycles. The molecular weight excluding hydrogens is 230 g/mol. The molecule has 0 amide bonds. The lowest BCUT2D eigenvalue weighted by atomic mass is 10.1. The molecule has 0 N–H and O–H groups in total. The summed E-state index contributed by atoms with van der Waals surface area (Å²) in [5.74, 6) is -0.0232. The van der Waals surface area contributed by atoms with Gasteiger partial charge >= 0.3 is 5.69 Å². The molecule has 0 spiro atoms. The SMILES string of the molecule is O=[N+]([O-])c1ccc(-c2oncc2[N+](=O)[O-])cc1. The first-order chi connectivity index (χ1) is 8.09. The van der Waals surface area contributed by atoms with Crippen LogP contribution in [0.2, 0.25) is 0 Å². The molecule has 2 aromatic rings. The van der Waals surface area contributed by atoms with Crippen LogP contribution in [-0.4, -0.2) is 15.0 Å². The highest BCUT2D eigenvalue weighted by Crippen LogP contribution is 2.30. The van der Waals surface area contributed by atoms with E-state index in [9.17, 15) is 20.2 Å². The van der Waals surface area contributed by atoms with Crippen LogP contribution in [0.1, 0.15) is 0 Å². The fraction of sp³-hybridized carbons (Fsp3) is 0. The zero-order valence-electron chi connectivity index (χ0n) is 8.27. The van der Waals surface area contributed by atoms with Crippen LogP contribution in [0.4, 0.5) is 11.4 Å². The molecule has 0 aliphatic carbocycles. The molecule has 0 saturated heterocycles. The zero-order chi connectivity index (χ0) is 12.4. The fourth-order valence-electron chi connectivity index (χ4n) is 1.30. The Labute approximate surface area is 93.8 Å². The molecule has 86 valence electrons. The summed E-state index contributed by atoms with van der Waals surface area (Å²) in [5.41, 5.74) is -0.0189. The fourth-order valence-corrected chi connectivity index (χ4v) is 1.30. The van der Waals surface area contributed by atoms with Crippen molar-refractivity contribution in [3.05, 3.63) is 50.7 Å².